The van der Waals surface area contributed by atoms with Gasteiger partial charge < -0.3 is 4.74 Å². The number of imide groups is 1. The number of rotatable bonds is 4. The topological polar surface area (TPSA) is 63.7 Å². The first-order chi connectivity index (χ1) is 9.56. The van der Waals surface area contributed by atoms with Crippen molar-refractivity contribution in [3.05, 3.63) is 47.5 Å². The molecule has 104 valence electrons. The minimum atomic E-state index is -0.508. The fourth-order valence-electron chi connectivity index (χ4n) is 2.07. The van der Waals surface area contributed by atoms with Crippen molar-refractivity contribution in [1.29, 1.82) is 0 Å². The molecular formula is C15H15NO4. The predicted molar refractivity (Wildman–Crippen MR) is 72.2 cm³/mol. The van der Waals surface area contributed by atoms with Gasteiger partial charge in [0.2, 0.25) is 0 Å². The molecule has 0 aromatic heterocycles. The number of esters is 1. The van der Waals surface area contributed by atoms with Crippen LogP contribution in [0.2, 0.25) is 0 Å². The van der Waals surface area contributed by atoms with Gasteiger partial charge in [-0.15, -0.1) is 0 Å². The van der Waals surface area contributed by atoms with Gasteiger partial charge in [0.05, 0.1) is 23.8 Å². The second-order valence-electron chi connectivity index (χ2n) is 4.38. The largest absolute Gasteiger partial charge is 0.463 e. The zero-order valence-corrected chi connectivity index (χ0v) is 11.3. The molecule has 5 nitrogen and oxygen atoms in total. The van der Waals surface area contributed by atoms with E-state index in [1.807, 2.05) is 0 Å². The summed E-state index contributed by atoms with van der Waals surface area (Å²) in [6.45, 7) is 3.67. The highest BCUT2D eigenvalue weighted by Crippen LogP contribution is 2.24. The van der Waals surface area contributed by atoms with Gasteiger partial charge in [-0.25, -0.2) is 4.79 Å². The molecule has 1 aromatic rings. The Balaban J connectivity index is 2.17. The Bertz CT molecular complexity index is 556. The first kappa shape index (κ1) is 14.0. The van der Waals surface area contributed by atoms with Crippen LogP contribution >= 0.6 is 0 Å². The molecule has 1 atom stereocenters. The van der Waals surface area contributed by atoms with Gasteiger partial charge >= 0.3 is 5.97 Å². The summed E-state index contributed by atoms with van der Waals surface area (Å²) in [6, 6.07) is 6.17. The van der Waals surface area contributed by atoms with Crippen LogP contribution < -0.4 is 0 Å². The van der Waals surface area contributed by atoms with Gasteiger partial charge in [-0.3, -0.25) is 14.5 Å². The van der Waals surface area contributed by atoms with E-state index >= 15 is 0 Å². The van der Waals surface area contributed by atoms with Crippen LogP contribution in [0.1, 0.15) is 34.6 Å². The maximum atomic E-state index is 12.2. The molecule has 1 aliphatic heterocycles. The number of hydrogen-bond donors (Lipinski definition) is 0. The minimum absolute atomic E-state index is 0.282. The number of hydrogen-bond acceptors (Lipinski definition) is 4. The molecule has 0 aliphatic carbocycles. The molecule has 1 aliphatic rings. The van der Waals surface area contributed by atoms with E-state index in [0.717, 1.165) is 4.90 Å². The van der Waals surface area contributed by atoms with Crippen molar-refractivity contribution in [2.45, 2.75) is 19.9 Å². The molecule has 5 heteroatoms. The van der Waals surface area contributed by atoms with E-state index in [1.54, 1.807) is 38.1 Å². The minimum Gasteiger partial charge on any atom is -0.463 e. The van der Waals surface area contributed by atoms with E-state index in [9.17, 15) is 14.4 Å². The average Bonchev–Trinajstić information content (AvgIpc) is 2.69. The summed E-state index contributed by atoms with van der Waals surface area (Å²) in [6.07, 6.45) is 2.72. The Hall–Kier alpha value is -2.43. The molecule has 1 aromatic carbocycles. The van der Waals surface area contributed by atoms with Crippen molar-refractivity contribution >= 4 is 17.8 Å². The molecule has 1 unspecified atom stereocenters. The highest BCUT2D eigenvalue weighted by molar-refractivity contribution is 6.21. The number of amides is 2. The van der Waals surface area contributed by atoms with Crippen LogP contribution in [-0.2, 0) is 9.53 Å². The highest BCUT2D eigenvalue weighted by atomic mass is 16.5. The highest BCUT2D eigenvalue weighted by Gasteiger charge is 2.37. The molecule has 1 heterocycles. The zero-order valence-electron chi connectivity index (χ0n) is 11.3. The van der Waals surface area contributed by atoms with E-state index in [1.165, 1.54) is 12.2 Å². The van der Waals surface area contributed by atoms with Gasteiger partial charge in [-0.05, 0) is 26.0 Å². The number of ether oxygens (including phenoxy) is 1. The summed E-state index contributed by atoms with van der Waals surface area (Å²) in [5.41, 5.74) is 0.794. The Labute approximate surface area is 116 Å². The number of carbonyl (C=O) groups is 3. The lowest BCUT2D eigenvalue weighted by molar-refractivity contribution is -0.137. The van der Waals surface area contributed by atoms with Crippen molar-refractivity contribution < 1.29 is 19.1 Å². The van der Waals surface area contributed by atoms with Crippen LogP contribution in [0.25, 0.3) is 0 Å². The number of benzene rings is 1. The van der Waals surface area contributed by atoms with Crippen LogP contribution in [0.3, 0.4) is 0 Å². The van der Waals surface area contributed by atoms with Crippen molar-refractivity contribution in [3.63, 3.8) is 0 Å². The fourth-order valence-corrected chi connectivity index (χ4v) is 2.07. The fraction of sp³-hybridized carbons (Fsp3) is 0.267. The Morgan fingerprint density at radius 1 is 1.25 bits per heavy atom. The Morgan fingerprint density at radius 2 is 1.80 bits per heavy atom. The van der Waals surface area contributed by atoms with Gasteiger partial charge in [-0.2, -0.15) is 0 Å². The summed E-state index contributed by atoms with van der Waals surface area (Å²) in [5.74, 6) is -1.17. The van der Waals surface area contributed by atoms with Gasteiger partial charge in [0, 0.05) is 6.08 Å². The van der Waals surface area contributed by atoms with Gasteiger partial charge in [-0.1, -0.05) is 18.2 Å². The van der Waals surface area contributed by atoms with E-state index in [2.05, 4.69) is 0 Å². The monoisotopic (exact) mass is 273 g/mol. The molecule has 0 radical (unpaired) electrons. The smallest absolute Gasteiger partial charge is 0.330 e. The third-order valence-corrected chi connectivity index (χ3v) is 3.03. The standard InChI is InChI=1S/C15H15NO4/c1-3-20-13(17)9-8-10(2)16-14(18)11-6-4-5-7-12(11)15(16)19/h4-10H,3H2,1-2H3/b9-8+. The second-order valence-corrected chi connectivity index (χ2v) is 4.38. The van der Waals surface area contributed by atoms with Crippen LogP contribution in [0.4, 0.5) is 0 Å². The normalized spacial score (nSPS) is 15.6. The molecule has 0 N–H and O–H groups in total. The Morgan fingerprint density at radius 3 is 2.30 bits per heavy atom. The third-order valence-electron chi connectivity index (χ3n) is 3.03. The summed E-state index contributed by atoms with van der Waals surface area (Å²) < 4.78 is 4.76. The van der Waals surface area contributed by atoms with Crippen LogP contribution in [0.15, 0.2) is 36.4 Å². The predicted octanol–water partition coefficient (Wildman–Crippen LogP) is 1.79. The van der Waals surface area contributed by atoms with Gasteiger partial charge in [0.15, 0.2) is 0 Å². The lowest BCUT2D eigenvalue weighted by Crippen LogP contribution is -2.36. The second kappa shape index (κ2) is 5.69. The molecule has 2 rings (SSSR count). The first-order valence-corrected chi connectivity index (χ1v) is 6.38. The van der Waals surface area contributed by atoms with Crippen LogP contribution in [0.5, 0.6) is 0 Å². The summed E-state index contributed by atoms with van der Waals surface area (Å²) >= 11 is 0. The van der Waals surface area contributed by atoms with E-state index in [0.29, 0.717) is 11.1 Å². The zero-order chi connectivity index (χ0) is 14.7. The van der Waals surface area contributed by atoms with Crippen LogP contribution in [0, 0.1) is 0 Å². The lowest BCUT2D eigenvalue weighted by Gasteiger charge is -2.19. The summed E-state index contributed by atoms with van der Waals surface area (Å²) in [4.78, 5) is 36.7. The van der Waals surface area contributed by atoms with E-state index in [4.69, 9.17) is 4.74 Å². The van der Waals surface area contributed by atoms with Crippen LogP contribution in [-0.4, -0.2) is 35.3 Å². The van der Waals surface area contributed by atoms with Gasteiger partial charge in [0.1, 0.15) is 0 Å². The molecule has 0 spiro atoms. The Kier molecular flexibility index (Phi) is 3.98. The van der Waals surface area contributed by atoms with Crippen molar-refractivity contribution in [3.8, 4) is 0 Å². The molecule has 2 amide bonds. The average molecular weight is 273 g/mol. The maximum absolute atomic E-state index is 12.2. The molecule has 0 saturated heterocycles. The third kappa shape index (κ3) is 2.47. The molecule has 0 bridgehead atoms. The van der Waals surface area contributed by atoms with E-state index < -0.39 is 12.0 Å². The molecular weight excluding hydrogens is 258 g/mol. The molecule has 20 heavy (non-hydrogen) atoms. The number of fused-ring (bicyclic) bond motifs is 1. The molecule has 0 saturated carbocycles. The number of nitrogens with zero attached hydrogens (tertiary/aromatic N) is 1. The van der Waals surface area contributed by atoms with Crippen molar-refractivity contribution in [1.82, 2.24) is 4.90 Å². The lowest BCUT2D eigenvalue weighted by atomic mass is 10.1. The molecule has 0 fully saturated rings. The van der Waals surface area contributed by atoms with Crippen molar-refractivity contribution in [2.75, 3.05) is 6.61 Å². The van der Waals surface area contributed by atoms with Crippen molar-refractivity contribution in [2.24, 2.45) is 0 Å². The van der Waals surface area contributed by atoms with E-state index in [-0.39, 0.29) is 18.4 Å². The number of carbonyl (C=O) groups excluding carboxylic acids is 3. The summed E-state index contributed by atoms with van der Waals surface area (Å²) in [5, 5.41) is 0. The first-order valence-electron chi connectivity index (χ1n) is 6.38. The summed E-state index contributed by atoms with van der Waals surface area (Å²) in [7, 11) is 0. The van der Waals surface area contributed by atoms with Gasteiger partial charge in [0.25, 0.3) is 11.8 Å². The quantitative estimate of drug-likeness (QED) is 0.476. The maximum Gasteiger partial charge on any atom is 0.330 e. The SMILES string of the molecule is CCOC(=O)/C=C/C(C)N1C(=O)c2ccccc2C1=O.